The summed E-state index contributed by atoms with van der Waals surface area (Å²) >= 11 is 0. The number of carbonyl (C=O) groups excluding carboxylic acids is 1. The molecule has 2 aromatic rings. The van der Waals surface area contributed by atoms with E-state index in [2.05, 4.69) is 5.32 Å². The Labute approximate surface area is 171 Å². The molecule has 0 unspecified atom stereocenters. The van der Waals surface area contributed by atoms with Crippen LogP contribution >= 0.6 is 0 Å². The Morgan fingerprint density at radius 3 is 2.52 bits per heavy atom. The first kappa shape index (κ1) is 19.4. The Morgan fingerprint density at radius 1 is 1.14 bits per heavy atom. The molecule has 2 aromatic carbocycles. The maximum absolute atomic E-state index is 12.6. The van der Waals surface area contributed by atoms with Crippen molar-refractivity contribution in [2.75, 3.05) is 44.5 Å². The fourth-order valence-electron chi connectivity index (χ4n) is 3.68. The molecule has 1 spiro atoms. The Balaban J connectivity index is 1.34. The average Bonchev–Trinajstić information content (AvgIpc) is 2.74. The highest BCUT2D eigenvalue weighted by Crippen LogP contribution is 2.38. The van der Waals surface area contributed by atoms with Gasteiger partial charge in [-0.3, -0.25) is 0 Å². The summed E-state index contributed by atoms with van der Waals surface area (Å²) < 4.78 is 17.5. The molecule has 0 radical (unpaired) electrons. The molecular formula is C22H27N3O4. The molecule has 0 aliphatic carbocycles. The van der Waals surface area contributed by atoms with Gasteiger partial charge in [0.25, 0.3) is 0 Å². The highest BCUT2D eigenvalue weighted by Gasteiger charge is 2.42. The molecule has 2 aliphatic heterocycles. The quantitative estimate of drug-likeness (QED) is 0.856. The number of likely N-dealkylation sites (tertiary alicyclic amines) is 1. The lowest BCUT2D eigenvalue weighted by Crippen LogP contribution is -2.53. The maximum Gasteiger partial charge on any atom is 0.321 e. The minimum atomic E-state index is -0.661. The largest absolute Gasteiger partial charge is 0.497 e. The molecule has 2 heterocycles. The summed E-state index contributed by atoms with van der Waals surface area (Å²) in [6, 6.07) is 13.4. The van der Waals surface area contributed by atoms with E-state index in [9.17, 15) is 4.79 Å². The predicted octanol–water partition coefficient (Wildman–Crippen LogP) is 3.69. The molecule has 0 atom stereocenters. The normalized spacial score (nSPS) is 17.3. The molecule has 1 saturated heterocycles. The number of rotatable bonds is 3. The zero-order chi connectivity index (χ0) is 20.4. The number of methoxy groups -OCH3 is 1. The number of benzene rings is 2. The van der Waals surface area contributed by atoms with Crippen molar-refractivity contribution in [2.45, 2.75) is 25.2 Å². The van der Waals surface area contributed by atoms with Crippen LogP contribution in [0.25, 0.3) is 0 Å². The minimum absolute atomic E-state index is 0.0987. The second-order valence-electron chi connectivity index (χ2n) is 7.63. The summed E-state index contributed by atoms with van der Waals surface area (Å²) in [6.45, 7) is 1.64. The molecule has 4 rings (SSSR count). The van der Waals surface area contributed by atoms with Crippen LogP contribution in [0.3, 0.4) is 0 Å². The van der Waals surface area contributed by atoms with Crippen molar-refractivity contribution < 1.29 is 19.0 Å². The summed E-state index contributed by atoms with van der Waals surface area (Å²) in [5, 5.41) is 2.97. The summed E-state index contributed by atoms with van der Waals surface area (Å²) in [4.78, 5) is 16.5. The van der Waals surface area contributed by atoms with E-state index in [-0.39, 0.29) is 6.03 Å². The number of hydrogen-bond donors (Lipinski definition) is 1. The van der Waals surface area contributed by atoms with Crippen LogP contribution < -0.4 is 19.7 Å². The van der Waals surface area contributed by atoms with Crippen molar-refractivity contribution in [1.82, 2.24) is 4.90 Å². The van der Waals surface area contributed by atoms with Crippen molar-refractivity contribution in [3.8, 4) is 11.5 Å². The monoisotopic (exact) mass is 397 g/mol. The minimum Gasteiger partial charge on any atom is -0.497 e. The number of piperidine rings is 1. The molecular weight excluding hydrogens is 370 g/mol. The van der Waals surface area contributed by atoms with Crippen LogP contribution in [0, 0.1) is 0 Å². The first-order valence-corrected chi connectivity index (χ1v) is 9.81. The van der Waals surface area contributed by atoms with Gasteiger partial charge in [0.2, 0.25) is 5.79 Å². The van der Waals surface area contributed by atoms with E-state index >= 15 is 0 Å². The van der Waals surface area contributed by atoms with Gasteiger partial charge in [0.15, 0.2) is 0 Å². The Hall–Kier alpha value is -2.93. The molecule has 7 nitrogen and oxygen atoms in total. The predicted molar refractivity (Wildman–Crippen MR) is 112 cm³/mol. The molecule has 0 saturated carbocycles. The van der Waals surface area contributed by atoms with Crippen LogP contribution in [0.4, 0.5) is 16.2 Å². The van der Waals surface area contributed by atoms with E-state index in [1.165, 1.54) is 0 Å². The van der Waals surface area contributed by atoms with E-state index < -0.39 is 5.79 Å². The number of ether oxygens (including phenoxy) is 3. The number of nitrogens with one attached hydrogen (secondary N) is 1. The average molecular weight is 397 g/mol. The summed E-state index contributed by atoms with van der Waals surface area (Å²) in [7, 11) is 5.62. The number of amides is 2. The van der Waals surface area contributed by atoms with E-state index in [1.54, 1.807) is 12.0 Å². The van der Waals surface area contributed by atoms with Crippen molar-refractivity contribution in [3.05, 3.63) is 48.0 Å². The van der Waals surface area contributed by atoms with Crippen LogP contribution in [0.1, 0.15) is 18.4 Å². The third kappa shape index (κ3) is 4.10. The second kappa shape index (κ2) is 7.83. The van der Waals surface area contributed by atoms with E-state index in [4.69, 9.17) is 14.2 Å². The van der Waals surface area contributed by atoms with Gasteiger partial charge >= 0.3 is 6.03 Å². The van der Waals surface area contributed by atoms with Gasteiger partial charge in [0, 0.05) is 57.0 Å². The summed E-state index contributed by atoms with van der Waals surface area (Å²) in [5.74, 6) is 0.957. The SMILES string of the molecule is COc1ccc2c(c1)COC1(CCN(C(=O)Nc3ccc(N(C)C)cc3)CC1)O2. The van der Waals surface area contributed by atoms with E-state index in [1.807, 2.05) is 61.5 Å². The lowest BCUT2D eigenvalue weighted by atomic mass is 10.0. The van der Waals surface area contributed by atoms with Gasteiger partial charge in [-0.1, -0.05) is 0 Å². The number of urea groups is 1. The summed E-state index contributed by atoms with van der Waals surface area (Å²) in [6.07, 6.45) is 1.26. The highest BCUT2D eigenvalue weighted by atomic mass is 16.7. The van der Waals surface area contributed by atoms with E-state index in [0.717, 1.165) is 28.4 Å². The molecule has 0 bridgehead atoms. The van der Waals surface area contributed by atoms with Crippen LogP contribution in [0.15, 0.2) is 42.5 Å². The summed E-state index contributed by atoms with van der Waals surface area (Å²) in [5.41, 5.74) is 2.86. The first-order chi connectivity index (χ1) is 14.0. The number of carbonyl (C=O) groups is 1. The smallest absolute Gasteiger partial charge is 0.321 e. The number of fused-ring (bicyclic) bond motifs is 1. The topological polar surface area (TPSA) is 63.3 Å². The number of nitrogens with zero attached hydrogens (tertiary/aromatic N) is 2. The van der Waals surface area contributed by atoms with Gasteiger partial charge in [-0.2, -0.15) is 0 Å². The van der Waals surface area contributed by atoms with Crippen LogP contribution in [0.5, 0.6) is 11.5 Å². The lowest BCUT2D eigenvalue weighted by Gasteiger charge is -2.43. The molecule has 29 heavy (non-hydrogen) atoms. The molecule has 1 fully saturated rings. The van der Waals surface area contributed by atoms with Crippen LogP contribution in [0.2, 0.25) is 0 Å². The Kier molecular flexibility index (Phi) is 5.24. The van der Waals surface area contributed by atoms with Crippen LogP contribution in [-0.4, -0.2) is 51.0 Å². The molecule has 0 aromatic heterocycles. The van der Waals surface area contributed by atoms with Crippen molar-refractivity contribution >= 4 is 17.4 Å². The fourth-order valence-corrected chi connectivity index (χ4v) is 3.68. The van der Waals surface area contributed by atoms with Gasteiger partial charge in [0.05, 0.1) is 13.7 Å². The zero-order valence-corrected chi connectivity index (χ0v) is 17.1. The molecule has 154 valence electrons. The highest BCUT2D eigenvalue weighted by molar-refractivity contribution is 5.89. The zero-order valence-electron chi connectivity index (χ0n) is 17.1. The van der Waals surface area contributed by atoms with Gasteiger partial charge in [0.1, 0.15) is 11.5 Å². The third-order valence-electron chi connectivity index (χ3n) is 5.50. The van der Waals surface area contributed by atoms with Crippen LogP contribution in [-0.2, 0) is 11.3 Å². The Morgan fingerprint density at radius 2 is 1.86 bits per heavy atom. The van der Waals surface area contributed by atoms with Crippen molar-refractivity contribution in [1.29, 1.82) is 0 Å². The molecule has 1 N–H and O–H groups in total. The maximum atomic E-state index is 12.6. The van der Waals surface area contributed by atoms with Gasteiger partial charge < -0.3 is 29.3 Å². The third-order valence-corrected chi connectivity index (χ3v) is 5.50. The molecule has 2 aliphatic rings. The van der Waals surface area contributed by atoms with Gasteiger partial charge in [-0.05, 0) is 42.5 Å². The van der Waals surface area contributed by atoms with Crippen molar-refractivity contribution in [2.24, 2.45) is 0 Å². The molecule has 2 amide bonds. The van der Waals surface area contributed by atoms with Crippen molar-refractivity contribution in [3.63, 3.8) is 0 Å². The van der Waals surface area contributed by atoms with Gasteiger partial charge in [-0.15, -0.1) is 0 Å². The fraction of sp³-hybridized carbons (Fsp3) is 0.409. The lowest BCUT2D eigenvalue weighted by molar-refractivity contribution is -0.225. The Bertz CT molecular complexity index is 874. The first-order valence-electron chi connectivity index (χ1n) is 9.81. The number of hydrogen-bond acceptors (Lipinski definition) is 5. The standard InChI is InChI=1S/C22H27N3O4/c1-24(2)18-6-4-17(5-7-18)23-21(26)25-12-10-22(11-13-25)28-15-16-14-19(27-3)8-9-20(16)29-22/h4-9,14H,10-13,15H2,1-3H3,(H,23,26). The van der Waals surface area contributed by atoms with Gasteiger partial charge in [-0.25, -0.2) is 4.79 Å². The number of anilines is 2. The molecule has 7 heteroatoms. The van der Waals surface area contributed by atoms with E-state index in [0.29, 0.717) is 32.5 Å². The second-order valence-corrected chi connectivity index (χ2v) is 7.63.